The quantitative estimate of drug-likeness (QED) is 0.370. The van der Waals surface area contributed by atoms with Crippen molar-refractivity contribution in [3.05, 3.63) is 84.2 Å². The van der Waals surface area contributed by atoms with Crippen LogP contribution < -0.4 is 19.7 Å². The number of hydrogen-bond acceptors (Lipinski definition) is 7. The molecule has 1 atom stereocenters. The van der Waals surface area contributed by atoms with Crippen LogP contribution in [-0.2, 0) is 22.4 Å². The molecule has 1 N–H and O–H groups in total. The number of ether oxygens (including phenoxy) is 4. The molecule has 35 heavy (non-hydrogen) atoms. The SMILES string of the molecule is COc1ccc(CC(COc2cccnc2)OCCOC(=O)NCc2ccc(N(C)C)cc2)cc1. The van der Waals surface area contributed by atoms with Gasteiger partial charge in [0, 0.05) is 38.9 Å². The summed E-state index contributed by atoms with van der Waals surface area (Å²) in [5.74, 6) is 1.47. The summed E-state index contributed by atoms with van der Waals surface area (Å²) >= 11 is 0. The molecule has 0 bridgehead atoms. The molecule has 3 aromatic rings. The third kappa shape index (κ3) is 9.17. The number of anilines is 1. The van der Waals surface area contributed by atoms with E-state index in [4.69, 9.17) is 18.9 Å². The number of carbonyl (C=O) groups excluding carboxylic acids is 1. The zero-order chi connectivity index (χ0) is 24.9. The van der Waals surface area contributed by atoms with Crippen LogP contribution in [0.15, 0.2) is 73.1 Å². The molecule has 3 rings (SSSR count). The lowest BCUT2D eigenvalue weighted by atomic mass is 10.1. The first-order chi connectivity index (χ1) is 17.0. The van der Waals surface area contributed by atoms with Gasteiger partial charge in [0.2, 0.25) is 0 Å². The van der Waals surface area contributed by atoms with Crippen molar-refractivity contribution in [1.82, 2.24) is 10.3 Å². The Balaban J connectivity index is 1.43. The number of nitrogens with one attached hydrogen (secondary N) is 1. The highest BCUT2D eigenvalue weighted by Crippen LogP contribution is 2.15. The van der Waals surface area contributed by atoms with Crippen LogP contribution in [-0.4, -0.2) is 58.2 Å². The summed E-state index contributed by atoms with van der Waals surface area (Å²) < 4.78 is 22.3. The molecular weight excluding hydrogens is 446 g/mol. The molecule has 1 unspecified atom stereocenters. The van der Waals surface area contributed by atoms with Gasteiger partial charge in [0.1, 0.15) is 24.7 Å². The van der Waals surface area contributed by atoms with Crippen molar-refractivity contribution in [2.24, 2.45) is 0 Å². The van der Waals surface area contributed by atoms with Gasteiger partial charge in [-0.2, -0.15) is 0 Å². The predicted octanol–water partition coefficient (Wildman–Crippen LogP) is 4.09. The molecular formula is C27H33N3O5. The summed E-state index contributed by atoms with van der Waals surface area (Å²) in [5, 5.41) is 2.76. The van der Waals surface area contributed by atoms with Gasteiger partial charge < -0.3 is 29.2 Å². The number of pyridine rings is 1. The molecule has 8 heteroatoms. The summed E-state index contributed by atoms with van der Waals surface area (Å²) in [6.07, 6.45) is 3.28. The van der Waals surface area contributed by atoms with E-state index in [2.05, 4.69) is 10.3 Å². The smallest absolute Gasteiger partial charge is 0.407 e. The molecule has 1 aromatic heterocycles. The van der Waals surface area contributed by atoms with E-state index in [1.54, 1.807) is 19.5 Å². The number of rotatable bonds is 13. The van der Waals surface area contributed by atoms with Gasteiger partial charge in [-0.15, -0.1) is 0 Å². The second kappa shape index (κ2) is 13.8. The monoisotopic (exact) mass is 479 g/mol. The maximum Gasteiger partial charge on any atom is 0.407 e. The summed E-state index contributed by atoms with van der Waals surface area (Å²) in [5.41, 5.74) is 3.19. The Bertz CT molecular complexity index is 1010. The fraction of sp³-hybridized carbons (Fsp3) is 0.333. The van der Waals surface area contributed by atoms with Crippen LogP contribution in [0, 0.1) is 0 Å². The molecule has 0 saturated carbocycles. The summed E-state index contributed by atoms with van der Waals surface area (Å²) in [7, 11) is 5.61. The van der Waals surface area contributed by atoms with Crippen LogP contribution in [0.25, 0.3) is 0 Å². The number of aromatic nitrogens is 1. The van der Waals surface area contributed by atoms with Gasteiger partial charge in [0.05, 0.1) is 26.0 Å². The van der Waals surface area contributed by atoms with E-state index < -0.39 is 6.09 Å². The number of amides is 1. The Morgan fingerprint density at radius 2 is 1.71 bits per heavy atom. The summed E-state index contributed by atoms with van der Waals surface area (Å²) in [4.78, 5) is 18.1. The minimum absolute atomic E-state index is 0.136. The fourth-order valence-corrected chi connectivity index (χ4v) is 3.30. The first kappa shape index (κ1) is 25.8. The fourth-order valence-electron chi connectivity index (χ4n) is 3.30. The number of hydrogen-bond donors (Lipinski definition) is 1. The first-order valence-electron chi connectivity index (χ1n) is 11.5. The van der Waals surface area contributed by atoms with Crippen molar-refractivity contribution in [3.63, 3.8) is 0 Å². The minimum atomic E-state index is -0.483. The van der Waals surface area contributed by atoms with Crippen molar-refractivity contribution >= 4 is 11.8 Å². The largest absolute Gasteiger partial charge is 0.497 e. The molecule has 1 heterocycles. The van der Waals surface area contributed by atoms with Gasteiger partial charge in [-0.05, 0) is 47.5 Å². The summed E-state index contributed by atoms with van der Waals surface area (Å²) in [6, 6.07) is 19.4. The predicted molar refractivity (Wildman–Crippen MR) is 135 cm³/mol. The van der Waals surface area contributed by atoms with Gasteiger partial charge in [-0.3, -0.25) is 4.98 Å². The van der Waals surface area contributed by atoms with Gasteiger partial charge in [-0.25, -0.2) is 4.79 Å². The maximum atomic E-state index is 12.1. The van der Waals surface area contributed by atoms with Crippen LogP contribution in [0.4, 0.5) is 10.5 Å². The highest BCUT2D eigenvalue weighted by molar-refractivity contribution is 5.67. The van der Waals surface area contributed by atoms with Gasteiger partial charge in [0.25, 0.3) is 0 Å². The van der Waals surface area contributed by atoms with E-state index in [-0.39, 0.29) is 19.3 Å². The lowest BCUT2D eigenvalue weighted by Gasteiger charge is -2.19. The van der Waals surface area contributed by atoms with E-state index in [1.807, 2.05) is 79.7 Å². The van der Waals surface area contributed by atoms with Crippen LogP contribution in [0.2, 0.25) is 0 Å². The summed E-state index contributed by atoms with van der Waals surface area (Å²) in [6.45, 7) is 1.12. The zero-order valence-electron chi connectivity index (χ0n) is 20.5. The van der Waals surface area contributed by atoms with E-state index in [0.29, 0.717) is 25.3 Å². The third-order valence-electron chi connectivity index (χ3n) is 5.25. The van der Waals surface area contributed by atoms with Crippen LogP contribution in [0.3, 0.4) is 0 Å². The molecule has 0 fully saturated rings. The Morgan fingerprint density at radius 1 is 0.971 bits per heavy atom. The Morgan fingerprint density at radius 3 is 2.37 bits per heavy atom. The Hall–Kier alpha value is -3.78. The molecule has 186 valence electrons. The van der Waals surface area contributed by atoms with Gasteiger partial charge in [0.15, 0.2) is 0 Å². The highest BCUT2D eigenvalue weighted by Gasteiger charge is 2.13. The van der Waals surface area contributed by atoms with Crippen molar-refractivity contribution in [2.45, 2.75) is 19.1 Å². The first-order valence-corrected chi connectivity index (χ1v) is 11.5. The van der Waals surface area contributed by atoms with Crippen molar-refractivity contribution in [3.8, 4) is 11.5 Å². The Kier molecular flexibility index (Phi) is 10.2. The molecule has 0 saturated heterocycles. The molecule has 0 aliphatic heterocycles. The van der Waals surface area contributed by atoms with E-state index >= 15 is 0 Å². The van der Waals surface area contributed by atoms with Crippen LogP contribution in [0.1, 0.15) is 11.1 Å². The van der Waals surface area contributed by atoms with Crippen molar-refractivity contribution in [1.29, 1.82) is 0 Å². The highest BCUT2D eigenvalue weighted by atomic mass is 16.6. The lowest BCUT2D eigenvalue weighted by Crippen LogP contribution is -2.28. The van der Waals surface area contributed by atoms with Gasteiger partial charge >= 0.3 is 6.09 Å². The van der Waals surface area contributed by atoms with Crippen molar-refractivity contribution < 1.29 is 23.7 Å². The van der Waals surface area contributed by atoms with Crippen LogP contribution in [0.5, 0.6) is 11.5 Å². The standard InChI is InChI=1S/C27H33N3O5/c1-30(2)23-10-6-22(7-11-23)18-29-27(31)34-16-15-33-26(20-35-25-5-4-14-28-19-25)17-21-8-12-24(32-3)13-9-21/h4-14,19,26H,15-18,20H2,1-3H3,(H,29,31). The number of nitrogens with zero attached hydrogens (tertiary/aromatic N) is 2. The lowest BCUT2D eigenvalue weighted by molar-refractivity contribution is -0.000971. The molecule has 0 spiro atoms. The number of carbonyl (C=O) groups is 1. The average Bonchev–Trinajstić information content (AvgIpc) is 2.89. The van der Waals surface area contributed by atoms with Gasteiger partial charge in [-0.1, -0.05) is 24.3 Å². The number of methoxy groups -OCH3 is 1. The van der Waals surface area contributed by atoms with Crippen molar-refractivity contribution in [2.75, 3.05) is 45.9 Å². The average molecular weight is 480 g/mol. The number of benzene rings is 2. The minimum Gasteiger partial charge on any atom is -0.497 e. The second-order valence-corrected chi connectivity index (χ2v) is 8.10. The Labute approximate surface area is 206 Å². The molecule has 2 aromatic carbocycles. The van der Waals surface area contributed by atoms with E-state index in [9.17, 15) is 4.79 Å². The second-order valence-electron chi connectivity index (χ2n) is 8.10. The van der Waals surface area contributed by atoms with E-state index in [1.165, 1.54) is 0 Å². The molecule has 0 aliphatic carbocycles. The van der Waals surface area contributed by atoms with E-state index in [0.717, 1.165) is 22.6 Å². The maximum absolute atomic E-state index is 12.1. The topological polar surface area (TPSA) is 82.1 Å². The number of alkyl carbamates (subject to hydrolysis) is 1. The molecule has 1 amide bonds. The molecule has 0 radical (unpaired) electrons. The normalized spacial score (nSPS) is 11.4. The zero-order valence-corrected chi connectivity index (χ0v) is 20.5. The van der Waals surface area contributed by atoms with Crippen LogP contribution >= 0.6 is 0 Å². The third-order valence-corrected chi connectivity index (χ3v) is 5.25. The molecule has 8 nitrogen and oxygen atoms in total. The molecule has 0 aliphatic rings.